The van der Waals surface area contributed by atoms with Gasteiger partial charge in [0, 0.05) is 30.2 Å². The minimum Gasteiger partial charge on any atom is -0.495 e. The average molecular weight is 297 g/mol. The molecular formula is C14H23N3O2S. The van der Waals surface area contributed by atoms with Crippen LogP contribution in [0.3, 0.4) is 0 Å². The first-order chi connectivity index (χ1) is 9.52. The first kappa shape index (κ1) is 16.7. The summed E-state index contributed by atoms with van der Waals surface area (Å²) >= 11 is 1.78. The number of amides is 1. The van der Waals surface area contributed by atoms with Crippen molar-refractivity contribution in [1.82, 2.24) is 4.90 Å². The second kappa shape index (κ2) is 8.71. The number of hydrogen-bond donors (Lipinski definition) is 2. The van der Waals surface area contributed by atoms with Crippen molar-refractivity contribution in [2.45, 2.75) is 6.42 Å². The van der Waals surface area contributed by atoms with Crippen LogP contribution in [-0.4, -0.2) is 50.1 Å². The Bertz CT molecular complexity index is 438. The minimum absolute atomic E-state index is 0.0220. The van der Waals surface area contributed by atoms with Gasteiger partial charge in [-0.15, -0.1) is 0 Å². The molecule has 1 aromatic rings. The van der Waals surface area contributed by atoms with E-state index < -0.39 is 0 Å². The molecule has 0 aliphatic carbocycles. The molecule has 20 heavy (non-hydrogen) atoms. The number of nitrogens with zero attached hydrogens (tertiary/aromatic N) is 1. The van der Waals surface area contributed by atoms with Crippen LogP contribution in [0.5, 0.6) is 5.75 Å². The number of methoxy groups -OCH3 is 1. The van der Waals surface area contributed by atoms with Gasteiger partial charge in [0.25, 0.3) is 0 Å². The highest BCUT2D eigenvalue weighted by Gasteiger charge is 2.08. The molecule has 0 radical (unpaired) electrons. The van der Waals surface area contributed by atoms with E-state index in [2.05, 4.69) is 10.2 Å². The highest BCUT2D eigenvalue weighted by atomic mass is 32.2. The zero-order valence-electron chi connectivity index (χ0n) is 12.3. The SMILES string of the molecule is COc1ccc(N)cc1NC(=O)CCSCCN(C)C. The normalized spacial score (nSPS) is 10.6. The number of nitrogen functional groups attached to an aromatic ring is 1. The fourth-order valence-corrected chi connectivity index (χ4v) is 2.58. The molecule has 1 amide bonds. The summed E-state index contributed by atoms with van der Waals surface area (Å²) in [5, 5.41) is 2.83. The molecule has 112 valence electrons. The number of carbonyl (C=O) groups is 1. The zero-order valence-corrected chi connectivity index (χ0v) is 13.1. The maximum absolute atomic E-state index is 11.9. The number of anilines is 2. The van der Waals surface area contributed by atoms with Crippen molar-refractivity contribution in [2.24, 2.45) is 0 Å². The molecule has 0 aromatic heterocycles. The third-order valence-electron chi connectivity index (χ3n) is 2.65. The molecule has 5 nitrogen and oxygen atoms in total. The number of carbonyl (C=O) groups excluding carboxylic acids is 1. The molecule has 0 saturated carbocycles. The molecule has 0 bridgehead atoms. The Labute approximate surface area is 124 Å². The maximum Gasteiger partial charge on any atom is 0.225 e. The molecule has 3 N–H and O–H groups in total. The van der Waals surface area contributed by atoms with Crippen LogP contribution in [0, 0.1) is 0 Å². The Morgan fingerprint density at radius 3 is 2.80 bits per heavy atom. The van der Waals surface area contributed by atoms with Gasteiger partial charge in [0.1, 0.15) is 5.75 Å². The number of nitrogens with two attached hydrogens (primary N) is 1. The van der Waals surface area contributed by atoms with E-state index in [0.29, 0.717) is 23.5 Å². The Balaban J connectivity index is 2.37. The lowest BCUT2D eigenvalue weighted by Crippen LogP contribution is -2.16. The van der Waals surface area contributed by atoms with Gasteiger partial charge >= 0.3 is 0 Å². The molecule has 0 fully saturated rings. The van der Waals surface area contributed by atoms with E-state index in [4.69, 9.17) is 10.5 Å². The van der Waals surface area contributed by atoms with Gasteiger partial charge in [0.05, 0.1) is 12.8 Å². The lowest BCUT2D eigenvalue weighted by atomic mass is 10.2. The highest BCUT2D eigenvalue weighted by molar-refractivity contribution is 7.99. The molecule has 0 aliphatic heterocycles. The minimum atomic E-state index is -0.0220. The Kier molecular flexibility index (Phi) is 7.25. The second-order valence-electron chi connectivity index (χ2n) is 4.67. The summed E-state index contributed by atoms with van der Waals surface area (Å²) in [6.07, 6.45) is 0.482. The summed E-state index contributed by atoms with van der Waals surface area (Å²) in [5.41, 5.74) is 6.93. The van der Waals surface area contributed by atoms with Crippen molar-refractivity contribution >= 4 is 29.0 Å². The van der Waals surface area contributed by atoms with E-state index in [0.717, 1.165) is 18.1 Å². The summed E-state index contributed by atoms with van der Waals surface area (Å²) in [5.74, 6) is 2.44. The molecule has 1 aromatic carbocycles. The van der Waals surface area contributed by atoms with Gasteiger partial charge in [-0.1, -0.05) is 0 Å². The van der Waals surface area contributed by atoms with Gasteiger partial charge in [0.2, 0.25) is 5.91 Å². The smallest absolute Gasteiger partial charge is 0.225 e. The summed E-state index contributed by atoms with van der Waals surface area (Å²) < 4.78 is 5.19. The Morgan fingerprint density at radius 2 is 2.15 bits per heavy atom. The van der Waals surface area contributed by atoms with Crippen molar-refractivity contribution in [3.63, 3.8) is 0 Å². The lowest BCUT2D eigenvalue weighted by molar-refractivity contribution is -0.115. The van der Waals surface area contributed by atoms with E-state index in [1.165, 1.54) is 0 Å². The number of ether oxygens (including phenoxy) is 1. The van der Waals surface area contributed by atoms with Gasteiger partial charge in [0.15, 0.2) is 0 Å². The summed E-state index contributed by atoms with van der Waals surface area (Å²) in [4.78, 5) is 14.0. The molecule has 0 aliphatic rings. The van der Waals surface area contributed by atoms with Crippen LogP contribution < -0.4 is 15.8 Å². The van der Waals surface area contributed by atoms with Crippen LogP contribution >= 0.6 is 11.8 Å². The van der Waals surface area contributed by atoms with E-state index in [1.807, 2.05) is 14.1 Å². The first-order valence-corrected chi connectivity index (χ1v) is 7.64. The fourth-order valence-electron chi connectivity index (χ4n) is 1.55. The van der Waals surface area contributed by atoms with Gasteiger partial charge in [-0.05, 0) is 32.3 Å². The van der Waals surface area contributed by atoms with Crippen LogP contribution in [0.4, 0.5) is 11.4 Å². The fraction of sp³-hybridized carbons (Fsp3) is 0.500. The topological polar surface area (TPSA) is 67.6 Å². The van der Waals surface area contributed by atoms with Crippen LogP contribution in [-0.2, 0) is 4.79 Å². The van der Waals surface area contributed by atoms with Gasteiger partial charge in [-0.25, -0.2) is 0 Å². The quantitative estimate of drug-likeness (QED) is 0.566. The number of hydrogen-bond acceptors (Lipinski definition) is 5. The van der Waals surface area contributed by atoms with E-state index in [1.54, 1.807) is 37.1 Å². The van der Waals surface area contributed by atoms with E-state index in [9.17, 15) is 4.79 Å². The van der Waals surface area contributed by atoms with Crippen LogP contribution in [0.1, 0.15) is 6.42 Å². The highest BCUT2D eigenvalue weighted by Crippen LogP contribution is 2.26. The third-order valence-corrected chi connectivity index (χ3v) is 3.62. The predicted molar refractivity (Wildman–Crippen MR) is 86.5 cm³/mol. The lowest BCUT2D eigenvalue weighted by Gasteiger charge is -2.11. The molecule has 0 spiro atoms. The summed E-state index contributed by atoms with van der Waals surface area (Å²) in [6.45, 7) is 1.02. The summed E-state index contributed by atoms with van der Waals surface area (Å²) in [7, 11) is 5.65. The zero-order chi connectivity index (χ0) is 15.0. The van der Waals surface area contributed by atoms with Crippen molar-refractivity contribution in [1.29, 1.82) is 0 Å². The number of thioether (sulfide) groups is 1. The molecule has 1 rings (SSSR count). The maximum atomic E-state index is 11.9. The van der Waals surface area contributed by atoms with Crippen molar-refractivity contribution < 1.29 is 9.53 Å². The van der Waals surface area contributed by atoms with Gasteiger partial charge in [-0.2, -0.15) is 11.8 Å². The molecule has 0 saturated heterocycles. The van der Waals surface area contributed by atoms with Crippen molar-refractivity contribution in [2.75, 3.05) is 50.3 Å². The molecular weight excluding hydrogens is 274 g/mol. The van der Waals surface area contributed by atoms with Gasteiger partial charge < -0.3 is 20.7 Å². The van der Waals surface area contributed by atoms with E-state index >= 15 is 0 Å². The molecule has 0 atom stereocenters. The van der Waals surface area contributed by atoms with Crippen molar-refractivity contribution in [3.05, 3.63) is 18.2 Å². The van der Waals surface area contributed by atoms with Crippen LogP contribution in [0.15, 0.2) is 18.2 Å². The molecule has 0 heterocycles. The summed E-state index contributed by atoms with van der Waals surface area (Å²) in [6, 6.07) is 5.19. The number of rotatable bonds is 8. The Morgan fingerprint density at radius 1 is 1.40 bits per heavy atom. The largest absolute Gasteiger partial charge is 0.495 e. The average Bonchev–Trinajstić information content (AvgIpc) is 2.38. The standard InChI is InChI=1S/C14H23N3O2S/c1-17(2)7-9-20-8-6-14(18)16-12-10-11(15)4-5-13(12)19-3/h4-5,10H,6-9,15H2,1-3H3,(H,16,18). The second-order valence-corrected chi connectivity index (χ2v) is 5.90. The number of benzene rings is 1. The van der Waals surface area contributed by atoms with E-state index in [-0.39, 0.29) is 5.91 Å². The first-order valence-electron chi connectivity index (χ1n) is 6.48. The monoisotopic (exact) mass is 297 g/mol. The molecule has 6 heteroatoms. The van der Waals surface area contributed by atoms with Crippen LogP contribution in [0.25, 0.3) is 0 Å². The molecule has 0 unspecified atom stereocenters. The predicted octanol–water partition coefficient (Wildman–Crippen LogP) is 1.90. The Hall–Kier alpha value is -1.40. The van der Waals surface area contributed by atoms with Crippen molar-refractivity contribution in [3.8, 4) is 5.75 Å². The third kappa shape index (κ3) is 6.16. The number of nitrogens with one attached hydrogen (secondary N) is 1. The van der Waals surface area contributed by atoms with Gasteiger partial charge in [-0.3, -0.25) is 4.79 Å². The van der Waals surface area contributed by atoms with Crippen LogP contribution in [0.2, 0.25) is 0 Å².